The first-order valence-electron chi connectivity index (χ1n) is 11.1. The number of aliphatic carboxylic acids is 1. The predicted octanol–water partition coefficient (Wildman–Crippen LogP) is 3.88. The molecule has 0 amide bonds. The maximum atomic E-state index is 13.0. The van der Waals surface area contributed by atoms with E-state index in [1.165, 1.54) is 0 Å². The lowest BCUT2D eigenvalue weighted by molar-refractivity contribution is -0.169. The van der Waals surface area contributed by atoms with Gasteiger partial charge in [-0.1, -0.05) is 48.5 Å². The SMILES string of the molecule is CC(C)(C)OC(=O)[C@H](CC(N)CCC(=O)O)C(=O)OCC1c2ccccc2-c2ccccc21. The van der Waals surface area contributed by atoms with E-state index in [2.05, 4.69) is 0 Å². The van der Waals surface area contributed by atoms with Gasteiger partial charge in [-0.3, -0.25) is 14.4 Å². The summed E-state index contributed by atoms with van der Waals surface area (Å²) < 4.78 is 11.1. The molecule has 7 nitrogen and oxygen atoms in total. The Morgan fingerprint density at radius 3 is 2.03 bits per heavy atom. The summed E-state index contributed by atoms with van der Waals surface area (Å²) in [6.45, 7) is 5.22. The summed E-state index contributed by atoms with van der Waals surface area (Å²) in [4.78, 5) is 36.7. The average Bonchev–Trinajstić information content (AvgIpc) is 3.07. The second-order valence-corrected chi connectivity index (χ2v) is 9.37. The van der Waals surface area contributed by atoms with Gasteiger partial charge in [-0.25, -0.2) is 0 Å². The molecule has 176 valence electrons. The fourth-order valence-electron chi connectivity index (χ4n) is 4.10. The number of carboxylic acid groups (broad SMARTS) is 1. The molecule has 0 aromatic heterocycles. The number of carbonyl (C=O) groups is 3. The highest BCUT2D eigenvalue weighted by Gasteiger charge is 2.36. The van der Waals surface area contributed by atoms with Gasteiger partial charge in [0.1, 0.15) is 12.2 Å². The highest BCUT2D eigenvalue weighted by molar-refractivity contribution is 5.95. The fourth-order valence-corrected chi connectivity index (χ4v) is 4.10. The molecule has 7 heteroatoms. The largest absolute Gasteiger partial charge is 0.481 e. The minimum Gasteiger partial charge on any atom is -0.481 e. The van der Waals surface area contributed by atoms with Crippen LogP contribution in [0.25, 0.3) is 11.1 Å². The molecule has 0 bridgehead atoms. The van der Waals surface area contributed by atoms with Crippen molar-refractivity contribution in [3.05, 3.63) is 59.7 Å². The monoisotopic (exact) mass is 453 g/mol. The van der Waals surface area contributed by atoms with Crippen molar-refractivity contribution in [2.75, 3.05) is 6.61 Å². The molecule has 3 N–H and O–H groups in total. The molecule has 0 fully saturated rings. The third kappa shape index (κ3) is 6.20. The lowest BCUT2D eigenvalue weighted by Gasteiger charge is -2.25. The number of hydrogen-bond acceptors (Lipinski definition) is 6. The zero-order valence-electron chi connectivity index (χ0n) is 19.2. The van der Waals surface area contributed by atoms with Crippen LogP contribution in [0.2, 0.25) is 0 Å². The number of carboxylic acids is 1. The minimum atomic E-state index is -1.22. The standard InChI is InChI=1S/C26H31NO6/c1-26(2,3)33-25(31)21(14-16(27)12-13-23(28)29)24(30)32-15-22-19-10-6-4-8-17(19)18-9-5-7-11-20(18)22/h4-11,16,21-22H,12-15,27H2,1-3H3,(H,28,29)/t16?,21-/m1/s1. The van der Waals surface area contributed by atoms with Crippen LogP contribution in [0.3, 0.4) is 0 Å². The number of hydrogen-bond donors (Lipinski definition) is 2. The van der Waals surface area contributed by atoms with Crippen molar-refractivity contribution < 1.29 is 29.0 Å². The van der Waals surface area contributed by atoms with Crippen molar-refractivity contribution in [3.8, 4) is 11.1 Å². The molecule has 1 unspecified atom stereocenters. The molecule has 0 saturated heterocycles. The maximum Gasteiger partial charge on any atom is 0.320 e. The number of esters is 2. The van der Waals surface area contributed by atoms with Crippen LogP contribution in [0.15, 0.2) is 48.5 Å². The summed E-state index contributed by atoms with van der Waals surface area (Å²) in [5.74, 6) is -3.77. The molecule has 0 radical (unpaired) electrons. The molecule has 0 saturated carbocycles. The van der Waals surface area contributed by atoms with E-state index in [1.807, 2.05) is 48.5 Å². The first-order chi connectivity index (χ1) is 15.6. The van der Waals surface area contributed by atoms with Crippen LogP contribution in [-0.2, 0) is 23.9 Å². The van der Waals surface area contributed by atoms with E-state index in [-0.39, 0.29) is 31.8 Å². The van der Waals surface area contributed by atoms with Crippen LogP contribution in [-0.4, -0.2) is 41.3 Å². The van der Waals surface area contributed by atoms with Crippen LogP contribution >= 0.6 is 0 Å². The Balaban J connectivity index is 1.75. The number of rotatable bonds is 9. The average molecular weight is 454 g/mol. The third-order valence-electron chi connectivity index (χ3n) is 5.60. The zero-order chi connectivity index (χ0) is 24.2. The van der Waals surface area contributed by atoms with Gasteiger partial charge in [-0.15, -0.1) is 0 Å². The molecule has 33 heavy (non-hydrogen) atoms. The van der Waals surface area contributed by atoms with Gasteiger partial charge in [0.15, 0.2) is 5.92 Å². The predicted molar refractivity (Wildman–Crippen MR) is 123 cm³/mol. The van der Waals surface area contributed by atoms with E-state index in [0.717, 1.165) is 22.3 Å². The van der Waals surface area contributed by atoms with Crippen molar-refractivity contribution in [2.45, 2.75) is 57.6 Å². The van der Waals surface area contributed by atoms with Crippen molar-refractivity contribution in [2.24, 2.45) is 11.7 Å². The van der Waals surface area contributed by atoms with Crippen LogP contribution in [0.5, 0.6) is 0 Å². The Labute approximate surface area is 193 Å². The summed E-state index contributed by atoms with van der Waals surface area (Å²) in [6, 6.07) is 15.3. The lowest BCUT2D eigenvalue weighted by atomic mass is 9.96. The number of carbonyl (C=O) groups excluding carboxylic acids is 2. The zero-order valence-corrected chi connectivity index (χ0v) is 19.2. The number of nitrogens with two attached hydrogens (primary N) is 1. The van der Waals surface area contributed by atoms with E-state index in [1.54, 1.807) is 20.8 Å². The molecule has 0 spiro atoms. The van der Waals surface area contributed by atoms with E-state index in [9.17, 15) is 14.4 Å². The van der Waals surface area contributed by atoms with Gasteiger partial charge in [0.25, 0.3) is 0 Å². The molecule has 1 aliphatic rings. The van der Waals surface area contributed by atoms with Gasteiger partial charge in [0.05, 0.1) is 0 Å². The number of ether oxygens (including phenoxy) is 2. The molecule has 3 rings (SSSR count). The van der Waals surface area contributed by atoms with E-state index >= 15 is 0 Å². The molecule has 1 aliphatic carbocycles. The van der Waals surface area contributed by atoms with Gasteiger partial charge in [0, 0.05) is 18.4 Å². The maximum absolute atomic E-state index is 13.0. The minimum absolute atomic E-state index is 0.0428. The summed E-state index contributed by atoms with van der Waals surface area (Å²) in [5.41, 5.74) is 9.59. The van der Waals surface area contributed by atoms with Crippen molar-refractivity contribution in [1.29, 1.82) is 0 Å². The number of benzene rings is 2. The van der Waals surface area contributed by atoms with E-state index in [4.69, 9.17) is 20.3 Å². The smallest absolute Gasteiger partial charge is 0.320 e. The first-order valence-corrected chi connectivity index (χ1v) is 11.1. The Morgan fingerprint density at radius 1 is 0.970 bits per heavy atom. The first kappa shape index (κ1) is 24.5. The summed E-state index contributed by atoms with van der Waals surface area (Å²) in [6.07, 6.45) is -0.0446. The molecule has 0 aliphatic heterocycles. The molecule has 2 aromatic carbocycles. The molecule has 2 aromatic rings. The Morgan fingerprint density at radius 2 is 1.52 bits per heavy atom. The van der Waals surface area contributed by atoms with E-state index < -0.39 is 35.5 Å². The van der Waals surface area contributed by atoms with Gasteiger partial charge >= 0.3 is 17.9 Å². The highest BCUT2D eigenvalue weighted by Crippen LogP contribution is 2.44. The summed E-state index contributed by atoms with van der Waals surface area (Å²) >= 11 is 0. The van der Waals surface area contributed by atoms with E-state index in [0.29, 0.717) is 0 Å². The molecular weight excluding hydrogens is 422 g/mol. The second kappa shape index (κ2) is 10.2. The van der Waals surface area contributed by atoms with Gasteiger partial charge in [-0.05, 0) is 55.9 Å². The highest BCUT2D eigenvalue weighted by atomic mass is 16.6. The second-order valence-electron chi connectivity index (χ2n) is 9.37. The van der Waals surface area contributed by atoms with Crippen molar-refractivity contribution in [3.63, 3.8) is 0 Å². The fraction of sp³-hybridized carbons (Fsp3) is 0.423. The van der Waals surface area contributed by atoms with Crippen molar-refractivity contribution >= 4 is 17.9 Å². The van der Waals surface area contributed by atoms with Crippen LogP contribution in [0.1, 0.15) is 57.1 Å². The normalized spacial score (nSPS) is 14.7. The van der Waals surface area contributed by atoms with Crippen LogP contribution in [0.4, 0.5) is 0 Å². The topological polar surface area (TPSA) is 116 Å². The van der Waals surface area contributed by atoms with Crippen LogP contribution < -0.4 is 5.73 Å². The summed E-state index contributed by atoms with van der Waals surface area (Å²) in [5, 5.41) is 8.89. The Bertz CT molecular complexity index is 980. The molecule has 0 heterocycles. The molecular formula is C26H31NO6. The van der Waals surface area contributed by atoms with Crippen LogP contribution in [0, 0.1) is 5.92 Å². The van der Waals surface area contributed by atoms with Crippen molar-refractivity contribution in [1.82, 2.24) is 0 Å². The third-order valence-corrected chi connectivity index (χ3v) is 5.60. The Hall–Kier alpha value is -3.19. The van der Waals surface area contributed by atoms with Gasteiger partial charge < -0.3 is 20.3 Å². The molecule has 2 atom stereocenters. The van der Waals surface area contributed by atoms with Gasteiger partial charge in [-0.2, -0.15) is 0 Å². The van der Waals surface area contributed by atoms with Gasteiger partial charge in [0.2, 0.25) is 0 Å². The Kier molecular flexibility index (Phi) is 7.53. The lowest BCUT2D eigenvalue weighted by Crippen LogP contribution is -2.38. The summed E-state index contributed by atoms with van der Waals surface area (Å²) in [7, 11) is 0. The quantitative estimate of drug-likeness (QED) is 0.437. The number of fused-ring (bicyclic) bond motifs is 3.